The van der Waals surface area contributed by atoms with E-state index in [2.05, 4.69) is 79.8 Å². The molecule has 2 atom stereocenters. The second-order valence-electron chi connectivity index (χ2n) is 5.68. The second kappa shape index (κ2) is 9.59. The van der Waals surface area contributed by atoms with Crippen molar-refractivity contribution in [1.82, 2.24) is 5.32 Å². The van der Waals surface area contributed by atoms with Crippen LogP contribution in [0.15, 0.2) is 60.7 Å². The Morgan fingerprint density at radius 3 is 1.86 bits per heavy atom. The van der Waals surface area contributed by atoms with Crippen LogP contribution in [0.25, 0.3) is 0 Å². The van der Waals surface area contributed by atoms with Gasteiger partial charge in [0.05, 0.1) is 0 Å². The van der Waals surface area contributed by atoms with E-state index in [-0.39, 0.29) is 12.4 Å². The molecular formula is C19H26ClN. The molecule has 0 bridgehead atoms. The summed E-state index contributed by atoms with van der Waals surface area (Å²) in [6, 6.07) is 22.5. The van der Waals surface area contributed by atoms with Crippen molar-refractivity contribution < 1.29 is 0 Å². The number of benzene rings is 2. The molecule has 0 aliphatic rings. The fourth-order valence-electron chi connectivity index (χ4n) is 2.62. The molecule has 0 heterocycles. The Bertz CT molecular complexity index is 483. The van der Waals surface area contributed by atoms with E-state index >= 15 is 0 Å². The summed E-state index contributed by atoms with van der Waals surface area (Å²) in [7, 11) is 0. The Morgan fingerprint density at radius 2 is 1.29 bits per heavy atom. The van der Waals surface area contributed by atoms with Crippen LogP contribution in [-0.4, -0.2) is 12.1 Å². The first kappa shape index (κ1) is 17.7. The molecule has 0 radical (unpaired) electrons. The van der Waals surface area contributed by atoms with Crippen molar-refractivity contribution in [3.8, 4) is 0 Å². The van der Waals surface area contributed by atoms with E-state index in [9.17, 15) is 0 Å². The third-order valence-electron chi connectivity index (χ3n) is 3.66. The van der Waals surface area contributed by atoms with Gasteiger partial charge in [0.1, 0.15) is 0 Å². The predicted molar refractivity (Wildman–Crippen MR) is 94.2 cm³/mol. The van der Waals surface area contributed by atoms with Crippen LogP contribution in [0.2, 0.25) is 0 Å². The molecule has 2 heteroatoms. The summed E-state index contributed by atoms with van der Waals surface area (Å²) in [4.78, 5) is 0. The van der Waals surface area contributed by atoms with Crippen LogP contribution < -0.4 is 5.32 Å². The van der Waals surface area contributed by atoms with Gasteiger partial charge in [-0.05, 0) is 44.2 Å². The standard InChI is InChI=1S/C19H25N.ClH/c1-16(13-14-18-9-5-3-6-10-18)20-17(2)15-19-11-7-4-8-12-19;/h3-12,16-17,20H,13-15H2,1-2H3;1H. The fraction of sp³-hybridized carbons (Fsp3) is 0.368. The summed E-state index contributed by atoms with van der Waals surface area (Å²) in [6.45, 7) is 4.55. The molecular weight excluding hydrogens is 278 g/mol. The number of hydrogen-bond acceptors (Lipinski definition) is 1. The Kier molecular flexibility index (Phi) is 8.11. The van der Waals surface area contributed by atoms with E-state index in [4.69, 9.17) is 0 Å². The maximum atomic E-state index is 3.70. The van der Waals surface area contributed by atoms with Crippen molar-refractivity contribution in [3.63, 3.8) is 0 Å². The lowest BCUT2D eigenvalue weighted by Gasteiger charge is -2.20. The molecule has 1 nitrogen and oxygen atoms in total. The van der Waals surface area contributed by atoms with Crippen molar-refractivity contribution >= 4 is 12.4 Å². The van der Waals surface area contributed by atoms with E-state index in [0.29, 0.717) is 12.1 Å². The largest absolute Gasteiger partial charge is 0.311 e. The third-order valence-corrected chi connectivity index (χ3v) is 3.66. The average molecular weight is 304 g/mol. The predicted octanol–water partition coefficient (Wildman–Crippen LogP) is 4.65. The third kappa shape index (κ3) is 6.79. The minimum atomic E-state index is 0. The fourth-order valence-corrected chi connectivity index (χ4v) is 2.62. The van der Waals surface area contributed by atoms with Crippen LogP contribution in [0.1, 0.15) is 31.4 Å². The lowest BCUT2D eigenvalue weighted by Crippen LogP contribution is -2.36. The minimum Gasteiger partial charge on any atom is -0.311 e. The molecule has 0 fully saturated rings. The van der Waals surface area contributed by atoms with Crippen molar-refractivity contribution in [3.05, 3.63) is 71.8 Å². The summed E-state index contributed by atoms with van der Waals surface area (Å²) in [5.74, 6) is 0. The summed E-state index contributed by atoms with van der Waals surface area (Å²) < 4.78 is 0. The van der Waals surface area contributed by atoms with Gasteiger partial charge in [-0.25, -0.2) is 0 Å². The molecule has 0 aliphatic carbocycles. The summed E-state index contributed by atoms with van der Waals surface area (Å²) in [6.07, 6.45) is 3.42. The molecule has 21 heavy (non-hydrogen) atoms. The number of rotatable bonds is 7. The first-order chi connectivity index (χ1) is 9.74. The first-order valence-corrected chi connectivity index (χ1v) is 7.58. The highest BCUT2D eigenvalue weighted by molar-refractivity contribution is 5.85. The molecule has 0 amide bonds. The normalized spacial score (nSPS) is 13.2. The molecule has 114 valence electrons. The van der Waals surface area contributed by atoms with Gasteiger partial charge in [-0.15, -0.1) is 12.4 Å². The zero-order chi connectivity index (χ0) is 14.2. The smallest absolute Gasteiger partial charge is 0.00816 e. The number of halogens is 1. The molecule has 0 aliphatic heterocycles. The number of nitrogens with one attached hydrogen (secondary N) is 1. The average Bonchev–Trinajstić information content (AvgIpc) is 2.47. The summed E-state index contributed by atoms with van der Waals surface area (Å²) in [5.41, 5.74) is 2.83. The van der Waals surface area contributed by atoms with E-state index in [1.807, 2.05) is 0 Å². The van der Waals surface area contributed by atoms with Gasteiger partial charge in [-0.2, -0.15) is 0 Å². The minimum absolute atomic E-state index is 0. The van der Waals surface area contributed by atoms with Gasteiger partial charge in [0.15, 0.2) is 0 Å². The van der Waals surface area contributed by atoms with E-state index in [1.165, 1.54) is 17.5 Å². The monoisotopic (exact) mass is 303 g/mol. The highest BCUT2D eigenvalue weighted by Crippen LogP contribution is 2.07. The van der Waals surface area contributed by atoms with Crippen molar-refractivity contribution in [1.29, 1.82) is 0 Å². The maximum Gasteiger partial charge on any atom is 0.00816 e. The quantitative estimate of drug-likeness (QED) is 0.785. The zero-order valence-corrected chi connectivity index (χ0v) is 13.8. The lowest BCUT2D eigenvalue weighted by molar-refractivity contribution is 0.444. The van der Waals surface area contributed by atoms with Crippen LogP contribution in [0.4, 0.5) is 0 Å². The van der Waals surface area contributed by atoms with E-state index < -0.39 is 0 Å². The molecule has 0 spiro atoms. The van der Waals surface area contributed by atoms with E-state index in [1.54, 1.807) is 0 Å². The van der Waals surface area contributed by atoms with Crippen LogP contribution in [0.3, 0.4) is 0 Å². The molecule has 0 saturated heterocycles. The topological polar surface area (TPSA) is 12.0 Å². The highest BCUT2D eigenvalue weighted by Gasteiger charge is 2.08. The molecule has 2 aromatic carbocycles. The van der Waals surface area contributed by atoms with Crippen LogP contribution in [0, 0.1) is 0 Å². The van der Waals surface area contributed by atoms with Gasteiger partial charge < -0.3 is 5.32 Å². The Balaban J connectivity index is 0.00000220. The van der Waals surface area contributed by atoms with E-state index in [0.717, 1.165) is 12.8 Å². The Hall–Kier alpha value is -1.31. The number of aryl methyl sites for hydroxylation is 1. The molecule has 2 rings (SSSR count). The molecule has 2 aromatic rings. The van der Waals surface area contributed by atoms with Crippen molar-refractivity contribution in [2.75, 3.05) is 0 Å². The number of hydrogen-bond donors (Lipinski definition) is 1. The highest BCUT2D eigenvalue weighted by atomic mass is 35.5. The van der Waals surface area contributed by atoms with Crippen LogP contribution in [0.5, 0.6) is 0 Å². The first-order valence-electron chi connectivity index (χ1n) is 7.58. The maximum absolute atomic E-state index is 3.70. The van der Waals surface area contributed by atoms with Gasteiger partial charge in [0.25, 0.3) is 0 Å². The van der Waals surface area contributed by atoms with Gasteiger partial charge in [0, 0.05) is 12.1 Å². The Morgan fingerprint density at radius 1 is 0.762 bits per heavy atom. The van der Waals surface area contributed by atoms with Gasteiger partial charge in [0.2, 0.25) is 0 Å². The van der Waals surface area contributed by atoms with Crippen molar-refractivity contribution in [2.45, 2.75) is 45.2 Å². The lowest BCUT2D eigenvalue weighted by atomic mass is 10.0. The summed E-state index contributed by atoms with van der Waals surface area (Å²) in [5, 5.41) is 3.70. The molecule has 1 N–H and O–H groups in total. The van der Waals surface area contributed by atoms with Crippen molar-refractivity contribution in [2.24, 2.45) is 0 Å². The van der Waals surface area contributed by atoms with Gasteiger partial charge in [-0.3, -0.25) is 0 Å². The molecule has 0 saturated carbocycles. The summed E-state index contributed by atoms with van der Waals surface area (Å²) >= 11 is 0. The Labute approximate surface area is 135 Å². The zero-order valence-electron chi connectivity index (χ0n) is 13.0. The van der Waals surface area contributed by atoms with Crippen LogP contribution in [-0.2, 0) is 12.8 Å². The molecule has 0 aromatic heterocycles. The van der Waals surface area contributed by atoms with Crippen LogP contribution >= 0.6 is 12.4 Å². The van der Waals surface area contributed by atoms with Gasteiger partial charge >= 0.3 is 0 Å². The molecule has 2 unspecified atom stereocenters. The second-order valence-corrected chi connectivity index (χ2v) is 5.68. The van der Waals surface area contributed by atoms with Gasteiger partial charge in [-0.1, -0.05) is 60.7 Å². The SMILES string of the molecule is CC(CCc1ccccc1)NC(C)Cc1ccccc1.Cl.